The Bertz CT molecular complexity index is 484. The number of amides is 1. The smallest absolute Gasteiger partial charge is 0.410 e. The summed E-state index contributed by atoms with van der Waals surface area (Å²) < 4.78 is 5.55. The zero-order valence-corrected chi connectivity index (χ0v) is 14.1. The van der Waals surface area contributed by atoms with E-state index in [1.807, 2.05) is 50.9 Å². The molecule has 1 unspecified atom stereocenters. The molecule has 1 aliphatic rings. The van der Waals surface area contributed by atoms with Crippen molar-refractivity contribution in [1.82, 2.24) is 9.88 Å². The van der Waals surface area contributed by atoms with Crippen LogP contribution in [0.15, 0.2) is 24.4 Å². The fourth-order valence-electron chi connectivity index (χ4n) is 2.74. The molecule has 0 radical (unpaired) electrons. The molecule has 2 heterocycles. The maximum atomic E-state index is 12.4. The Morgan fingerprint density at radius 1 is 1.41 bits per heavy atom. The van der Waals surface area contributed by atoms with Gasteiger partial charge in [-0.3, -0.25) is 0 Å². The molecule has 0 saturated carbocycles. The highest BCUT2D eigenvalue weighted by Gasteiger charge is 2.31. The molecule has 1 atom stereocenters. The Morgan fingerprint density at radius 3 is 2.82 bits per heavy atom. The van der Waals surface area contributed by atoms with E-state index in [1.165, 1.54) is 0 Å². The van der Waals surface area contributed by atoms with E-state index in [9.17, 15) is 4.79 Å². The zero-order chi connectivity index (χ0) is 16.2. The number of carbonyl (C=O) groups excluding carboxylic acids is 1. The van der Waals surface area contributed by atoms with Gasteiger partial charge in [-0.05, 0) is 52.2 Å². The number of ether oxygens (including phenoxy) is 1. The minimum absolute atomic E-state index is 0.176. The lowest BCUT2D eigenvalue weighted by molar-refractivity contribution is 0.0108. The maximum Gasteiger partial charge on any atom is 0.410 e. The number of pyridine rings is 1. The number of anilines is 1. The van der Waals surface area contributed by atoms with E-state index in [1.54, 1.807) is 6.20 Å². The van der Waals surface area contributed by atoms with Crippen molar-refractivity contribution < 1.29 is 9.53 Å². The molecule has 1 saturated heterocycles. The van der Waals surface area contributed by atoms with Crippen molar-refractivity contribution in [3.8, 4) is 0 Å². The van der Waals surface area contributed by atoms with Gasteiger partial charge in [0.1, 0.15) is 11.4 Å². The fraction of sp³-hybridized carbons (Fsp3) is 0.647. The minimum Gasteiger partial charge on any atom is -0.444 e. The van der Waals surface area contributed by atoms with Gasteiger partial charge in [0.05, 0.1) is 6.04 Å². The molecule has 1 aromatic rings. The van der Waals surface area contributed by atoms with Crippen molar-refractivity contribution in [2.24, 2.45) is 0 Å². The van der Waals surface area contributed by atoms with Crippen molar-refractivity contribution in [1.29, 1.82) is 0 Å². The maximum absolute atomic E-state index is 12.4. The molecule has 1 aliphatic heterocycles. The second kappa shape index (κ2) is 6.99. The molecule has 1 amide bonds. The van der Waals surface area contributed by atoms with E-state index < -0.39 is 5.60 Å². The Kier molecular flexibility index (Phi) is 5.27. The number of carbonyl (C=O) groups is 1. The van der Waals surface area contributed by atoms with Crippen LogP contribution in [0.5, 0.6) is 0 Å². The lowest BCUT2D eigenvalue weighted by Crippen LogP contribution is -2.50. The Morgan fingerprint density at radius 2 is 2.18 bits per heavy atom. The van der Waals surface area contributed by atoms with Gasteiger partial charge in [0.25, 0.3) is 0 Å². The highest BCUT2D eigenvalue weighted by molar-refractivity contribution is 5.68. The monoisotopic (exact) mass is 305 g/mol. The third kappa shape index (κ3) is 4.61. The van der Waals surface area contributed by atoms with E-state index in [4.69, 9.17) is 4.74 Å². The predicted molar refractivity (Wildman–Crippen MR) is 88.1 cm³/mol. The van der Waals surface area contributed by atoms with Crippen molar-refractivity contribution in [3.63, 3.8) is 0 Å². The van der Waals surface area contributed by atoms with Crippen LogP contribution in [-0.2, 0) is 4.74 Å². The largest absolute Gasteiger partial charge is 0.444 e. The van der Waals surface area contributed by atoms with Crippen LogP contribution >= 0.6 is 0 Å². The van der Waals surface area contributed by atoms with Crippen LogP contribution in [0.2, 0.25) is 0 Å². The number of piperidine rings is 1. The molecular formula is C17H27N3O2. The average molecular weight is 305 g/mol. The molecule has 1 fully saturated rings. The van der Waals surface area contributed by atoms with E-state index >= 15 is 0 Å². The van der Waals surface area contributed by atoms with Gasteiger partial charge >= 0.3 is 6.09 Å². The van der Waals surface area contributed by atoms with Gasteiger partial charge in [-0.1, -0.05) is 6.07 Å². The standard InChI is InChI=1S/C17H27N3O2/c1-17(2,3)22-16(21)20-12-8-6-9-14(20)13-19(4)15-10-5-7-11-18-15/h5,7,10-11,14H,6,8-9,12-13H2,1-4H3. The van der Waals surface area contributed by atoms with Gasteiger partial charge < -0.3 is 14.5 Å². The van der Waals surface area contributed by atoms with Crippen molar-refractivity contribution in [2.75, 3.05) is 25.0 Å². The van der Waals surface area contributed by atoms with Gasteiger partial charge in [-0.25, -0.2) is 9.78 Å². The first-order valence-corrected chi connectivity index (χ1v) is 7.98. The Balaban J connectivity index is 2.02. The summed E-state index contributed by atoms with van der Waals surface area (Å²) in [4.78, 5) is 20.8. The van der Waals surface area contributed by atoms with Crippen LogP contribution in [0.1, 0.15) is 40.0 Å². The van der Waals surface area contributed by atoms with Crippen LogP contribution in [0, 0.1) is 0 Å². The number of likely N-dealkylation sites (N-methyl/N-ethyl adjacent to an activating group) is 1. The number of likely N-dealkylation sites (tertiary alicyclic amines) is 1. The number of nitrogens with zero attached hydrogens (tertiary/aromatic N) is 3. The van der Waals surface area contributed by atoms with Crippen LogP contribution in [0.4, 0.5) is 10.6 Å². The normalized spacial score (nSPS) is 18.9. The summed E-state index contributed by atoms with van der Waals surface area (Å²) in [5.41, 5.74) is -0.452. The summed E-state index contributed by atoms with van der Waals surface area (Å²) in [6.07, 6.45) is 4.80. The summed E-state index contributed by atoms with van der Waals surface area (Å²) in [5, 5.41) is 0. The summed E-state index contributed by atoms with van der Waals surface area (Å²) in [7, 11) is 2.02. The number of rotatable bonds is 3. The molecule has 5 heteroatoms. The van der Waals surface area contributed by atoms with Crippen molar-refractivity contribution in [2.45, 2.75) is 51.7 Å². The van der Waals surface area contributed by atoms with Crippen LogP contribution in [0.3, 0.4) is 0 Å². The summed E-state index contributed by atoms with van der Waals surface area (Å²) in [5.74, 6) is 0.928. The van der Waals surface area contributed by atoms with Gasteiger partial charge in [-0.2, -0.15) is 0 Å². The lowest BCUT2D eigenvalue weighted by Gasteiger charge is -2.38. The summed E-state index contributed by atoms with van der Waals surface area (Å²) in [6, 6.07) is 6.05. The van der Waals surface area contributed by atoms with E-state index in [0.29, 0.717) is 0 Å². The molecule has 1 aromatic heterocycles. The molecule has 122 valence electrons. The molecule has 0 aromatic carbocycles. The molecular weight excluding hydrogens is 278 g/mol. The predicted octanol–water partition coefficient (Wildman–Crippen LogP) is 3.31. The molecule has 5 nitrogen and oxygen atoms in total. The number of hydrogen-bond acceptors (Lipinski definition) is 4. The van der Waals surface area contributed by atoms with Crippen LogP contribution < -0.4 is 4.90 Å². The molecule has 0 bridgehead atoms. The van der Waals surface area contributed by atoms with E-state index in [-0.39, 0.29) is 12.1 Å². The summed E-state index contributed by atoms with van der Waals surface area (Å²) >= 11 is 0. The fourth-order valence-corrected chi connectivity index (χ4v) is 2.74. The average Bonchev–Trinajstić information content (AvgIpc) is 2.47. The van der Waals surface area contributed by atoms with Crippen molar-refractivity contribution in [3.05, 3.63) is 24.4 Å². The second-order valence-corrected chi connectivity index (χ2v) is 6.89. The second-order valence-electron chi connectivity index (χ2n) is 6.89. The third-order valence-electron chi connectivity index (χ3n) is 3.78. The lowest BCUT2D eigenvalue weighted by atomic mass is 10.0. The van der Waals surface area contributed by atoms with E-state index in [0.717, 1.165) is 38.2 Å². The highest BCUT2D eigenvalue weighted by atomic mass is 16.6. The quantitative estimate of drug-likeness (QED) is 0.859. The Hall–Kier alpha value is -1.78. The minimum atomic E-state index is -0.452. The molecule has 22 heavy (non-hydrogen) atoms. The van der Waals surface area contributed by atoms with Gasteiger partial charge in [0, 0.05) is 26.3 Å². The van der Waals surface area contributed by atoms with Crippen LogP contribution in [-0.4, -0.2) is 47.8 Å². The van der Waals surface area contributed by atoms with Gasteiger partial charge in [-0.15, -0.1) is 0 Å². The van der Waals surface area contributed by atoms with Gasteiger partial charge in [0.15, 0.2) is 0 Å². The first-order chi connectivity index (χ1) is 10.4. The van der Waals surface area contributed by atoms with E-state index in [2.05, 4.69) is 9.88 Å². The molecule has 2 rings (SSSR count). The molecule has 0 aliphatic carbocycles. The Labute approximate surface area is 133 Å². The number of hydrogen-bond donors (Lipinski definition) is 0. The highest BCUT2D eigenvalue weighted by Crippen LogP contribution is 2.22. The SMILES string of the molecule is CN(CC1CCCCN1C(=O)OC(C)(C)C)c1ccccn1. The van der Waals surface area contributed by atoms with Crippen molar-refractivity contribution >= 4 is 11.9 Å². The van der Waals surface area contributed by atoms with Crippen LogP contribution in [0.25, 0.3) is 0 Å². The third-order valence-corrected chi connectivity index (χ3v) is 3.78. The molecule has 0 N–H and O–H groups in total. The number of aromatic nitrogens is 1. The molecule has 0 spiro atoms. The zero-order valence-electron chi connectivity index (χ0n) is 14.1. The summed E-state index contributed by atoms with van der Waals surface area (Å²) in [6.45, 7) is 7.27. The van der Waals surface area contributed by atoms with Gasteiger partial charge in [0.2, 0.25) is 0 Å². The first-order valence-electron chi connectivity index (χ1n) is 7.98. The first kappa shape index (κ1) is 16.6. The topological polar surface area (TPSA) is 45.7 Å².